The lowest BCUT2D eigenvalue weighted by atomic mass is 10.2. The molecule has 0 fully saturated rings. The van der Waals surface area contributed by atoms with E-state index in [-0.39, 0.29) is 17.5 Å². The van der Waals surface area contributed by atoms with Crippen molar-refractivity contribution in [3.05, 3.63) is 57.5 Å². The van der Waals surface area contributed by atoms with Crippen molar-refractivity contribution in [2.24, 2.45) is 0 Å². The summed E-state index contributed by atoms with van der Waals surface area (Å²) in [6.07, 6.45) is -4.56. The van der Waals surface area contributed by atoms with Crippen molar-refractivity contribution < 1.29 is 13.2 Å². The topological polar surface area (TPSA) is 58.7 Å². The predicted octanol–water partition coefficient (Wildman–Crippen LogP) is 2.63. The fraction of sp³-hybridized carbons (Fsp3) is 0.214. The molecule has 1 aromatic carbocycles. The number of hydrogen-bond acceptors (Lipinski definition) is 3. The zero-order valence-electron chi connectivity index (χ0n) is 11.0. The number of rotatable bonds is 2. The molecule has 7 heteroatoms. The number of nitrogens with zero attached hydrogens (tertiary/aromatic N) is 3. The first-order valence-corrected chi connectivity index (χ1v) is 5.97. The molecule has 0 amide bonds. The van der Waals surface area contributed by atoms with Crippen molar-refractivity contribution >= 4 is 0 Å². The molecule has 2 rings (SSSR count). The summed E-state index contributed by atoms with van der Waals surface area (Å²) in [7, 11) is 0. The van der Waals surface area contributed by atoms with Gasteiger partial charge >= 0.3 is 6.18 Å². The summed E-state index contributed by atoms with van der Waals surface area (Å²) >= 11 is 0. The Morgan fingerprint density at radius 1 is 1.29 bits per heavy atom. The van der Waals surface area contributed by atoms with Crippen molar-refractivity contribution in [2.45, 2.75) is 19.5 Å². The summed E-state index contributed by atoms with van der Waals surface area (Å²) in [6, 6.07) is 7.55. The van der Waals surface area contributed by atoms with E-state index in [2.05, 4.69) is 5.10 Å². The Morgan fingerprint density at radius 3 is 2.43 bits per heavy atom. The fourth-order valence-corrected chi connectivity index (χ4v) is 1.83. The van der Waals surface area contributed by atoms with Gasteiger partial charge in [0.2, 0.25) is 5.43 Å². The van der Waals surface area contributed by atoms with E-state index >= 15 is 0 Å². The quantitative estimate of drug-likeness (QED) is 0.855. The van der Waals surface area contributed by atoms with Gasteiger partial charge in [0.25, 0.3) is 0 Å². The highest BCUT2D eigenvalue weighted by Crippen LogP contribution is 2.29. The number of aryl methyl sites for hydroxylation is 1. The molecular weight excluding hydrogens is 283 g/mol. The van der Waals surface area contributed by atoms with E-state index in [0.717, 1.165) is 12.1 Å². The van der Waals surface area contributed by atoms with Crippen LogP contribution in [-0.2, 0) is 12.6 Å². The van der Waals surface area contributed by atoms with Crippen LogP contribution in [0, 0.1) is 18.3 Å². The maximum atomic E-state index is 12.5. The Morgan fingerprint density at radius 2 is 1.90 bits per heavy atom. The van der Waals surface area contributed by atoms with Crippen LogP contribution in [0.2, 0.25) is 0 Å². The van der Waals surface area contributed by atoms with Gasteiger partial charge in [-0.05, 0) is 31.2 Å². The molecule has 0 unspecified atom stereocenters. The molecule has 0 atom stereocenters. The summed E-state index contributed by atoms with van der Waals surface area (Å²) in [6.45, 7) is 1.61. The monoisotopic (exact) mass is 293 g/mol. The van der Waals surface area contributed by atoms with E-state index in [1.165, 1.54) is 22.9 Å². The zero-order chi connectivity index (χ0) is 15.6. The second-order valence-corrected chi connectivity index (χ2v) is 4.39. The molecule has 1 aromatic heterocycles. The lowest BCUT2D eigenvalue weighted by Gasteiger charge is -2.12. The van der Waals surface area contributed by atoms with Crippen LogP contribution in [-0.4, -0.2) is 9.78 Å². The second kappa shape index (κ2) is 5.40. The first kappa shape index (κ1) is 14.8. The average Bonchev–Trinajstić information content (AvgIpc) is 2.41. The maximum absolute atomic E-state index is 12.5. The smallest absolute Gasteiger partial charge is 0.288 e. The highest BCUT2D eigenvalue weighted by Gasteiger charge is 2.30. The van der Waals surface area contributed by atoms with E-state index in [0.29, 0.717) is 11.4 Å². The first-order chi connectivity index (χ1) is 9.82. The molecule has 0 saturated carbocycles. The minimum Gasteiger partial charge on any atom is -0.288 e. The van der Waals surface area contributed by atoms with Crippen LogP contribution in [0.4, 0.5) is 13.2 Å². The van der Waals surface area contributed by atoms with Crippen molar-refractivity contribution in [1.82, 2.24) is 9.78 Å². The van der Waals surface area contributed by atoms with E-state index < -0.39 is 11.7 Å². The molecule has 108 valence electrons. The Balaban J connectivity index is 2.49. The number of nitriles is 1. The van der Waals surface area contributed by atoms with Gasteiger partial charge in [-0.15, -0.1) is 0 Å². The molecule has 0 bridgehead atoms. The number of hydrogen-bond donors (Lipinski definition) is 0. The molecular formula is C14H10F3N3O. The summed E-state index contributed by atoms with van der Waals surface area (Å²) in [4.78, 5) is 11.6. The summed E-state index contributed by atoms with van der Waals surface area (Å²) in [5, 5.41) is 12.7. The molecule has 0 N–H and O–H groups in total. The molecule has 0 radical (unpaired) electrons. The summed E-state index contributed by atoms with van der Waals surface area (Å²) in [5.41, 5.74) is -0.205. The Bertz CT molecular complexity index is 755. The van der Waals surface area contributed by atoms with E-state index in [1.807, 2.05) is 6.07 Å². The van der Waals surface area contributed by atoms with Crippen molar-refractivity contribution in [2.75, 3.05) is 0 Å². The molecule has 2 aromatic rings. The van der Waals surface area contributed by atoms with Gasteiger partial charge in [0.1, 0.15) is 5.69 Å². The standard InChI is InChI=1S/C14H10F3N3O/c1-9-8-13(21)12(6-7-18)19-20(9)11-4-2-10(3-5-11)14(15,16)17/h2-5,8H,6H2,1H3. The van der Waals surface area contributed by atoms with Crippen LogP contribution in [0.5, 0.6) is 0 Å². The van der Waals surface area contributed by atoms with E-state index in [9.17, 15) is 18.0 Å². The first-order valence-electron chi connectivity index (χ1n) is 5.97. The number of halogens is 3. The van der Waals surface area contributed by atoms with E-state index in [4.69, 9.17) is 5.26 Å². The van der Waals surface area contributed by atoms with Crippen LogP contribution < -0.4 is 5.43 Å². The van der Waals surface area contributed by atoms with Gasteiger partial charge in [0.15, 0.2) is 0 Å². The molecule has 0 saturated heterocycles. The van der Waals surface area contributed by atoms with Gasteiger partial charge < -0.3 is 0 Å². The molecule has 4 nitrogen and oxygen atoms in total. The van der Waals surface area contributed by atoms with Gasteiger partial charge in [0.05, 0.1) is 23.7 Å². The average molecular weight is 293 g/mol. The van der Waals surface area contributed by atoms with Crippen LogP contribution in [0.15, 0.2) is 35.1 Å². The molecule has 0 aliphatic heterocycles. The van der Waals surface area contributed by atoms with Crippen molar-refractivity contribution in [1.29, 1.82) is 5.26 Å². The Kier molecular flexibility index (Phi) is 3.80. The fourth-order valence-electron chi connectivity index (χ4n) is 1.83. The highest BCUT2D eigenvalue weighted by molar-refractivity contribution is 5.36. The van der Waals surface area contributed by atoms with Crippen LogP contribution in [0.25, 0.3) is 5.69 Å². The molecule has 0 aliphatic rings. The normalized spacial score (nSPS) is 11.2. The largest absolute Gasteiger partial charge is 0.416 e. The van der Waals surface area contributed by atoms with Crippen molar-refractivity contribution in [3.63, 3.8) is 0 Å². The minimum atomic E-state index is -4.41. The van der Waals surface area contributed by atoms with Crippen molar-refractivity contribution in [3.8, 4) is 11.8 Å². The third kappa shape index (κ3) is 3.11. The third-order valence-corrected chi connectivity index (χ3v) is 2.86. The van der Waals surface area contributed by atoms with Gasteiger partial charge in [-0.2, -0.15) is 23.5 Å². The van der Waals surface area contributed by atoms with Gasteiger partial charge in [-0.1, -0.05) is 0 Å². The maximum Gasteiger partial charge on any atom is 0.416 e. The summed E-state index contributed by atoms with van der Waals surface area (Å²) in [5.74, 6) is 0. The Labute approximate surface area is 118 Å². The van der Waals surface area contributed by atoms with Gasteiger partial charge in [-0.3, -0.25) is 4.79 Å². The van der Waals surface area contributed by atoms with Crippen LogP contribution >= 0.6 is 0 Å². The second-order valence-electron chi connectivity index (χ2n) is 4.39. The SMILES string of the molecule is Cc1cc(=O)c(CC#N)nn1-c1ccc(C(F)(F)F)cc1. The van der Waals surface area contributed by atoms with Gasteiger partial charge in [-0.25, -0.2) is 4.68 Å². The Hall–Kier alpha value is -2.62. The summed E-state index contributed by atoms with van der Waals surface area (Å²) < 4.78 is 38.9. The van der Waals surface area contributed by atoms with Crippen LogP contribution in [0.1, 0.15) is 17.0 Å². The van der Waals surface area contributed by atoms with E-state index in [1.54, 1.807) is 6.92 Å². The lowest BCUT2D eigenvalue weighted by Crippen LogP contribution is -2.18. The molecule has 0 aliphatic carbocycles. The number of aromatic nitrogens is 2. The highest BCUT2D eigenvalue weighted by atomic mass is 19.4. The zero-order valence-corrected chi connectivity index (χ0v) is 11.0. The molecule has 21 heavy (non-hydrogen) atoms. The molecule has 1 heterocycles. The predicted molar refractivity (Wildman–Crippen MR) is 68.9 cm³/mol. The lowest BCUT2D eigenvalue weighted by molar-refractivity contribution is -0.137. The number of benzene rings is 1. The third-order valence-electron chi connectivity index (χ3n) is 2.86. The molecule has 0 spiro atoms. The van der Waals surface area contributed by atoms with Gasteiger partial charge in [0, 0.05) is 11.8 Å². The minimum absolute atomic E-state index is 0.0583. The van der Waals surface area contributed by atoms with Crippen LogP contribution in [0.3, 0.4) is 0 Å². The number of alkyl halides is 3.